The van der Waals surface area contributed by atoms with Gasteiger partial charge >= 0.3 is 0 Å². The van der Waals surface area contributed by atoms with Gasteiger partial charge in [0.15, 0.2) is 0 Å². The van der Waals surface area contributed by atoms with Crippen molar-refractivity contribution in [3.63, 3.8) is 0 Å². The maximum Gasteiger partial charge on any atom is 0.146 e. The minimum Gasteiger partial charge on any atom is -0.423 e. The molecule has 0 aromatic carbocycles. The van der Waals surface area contributed by atoms with Gasteiger partial charge in [0, 0.05) is 5.60 Å². The lowest BCUT2D eigenvalue weighted by molar-refractivity contribution is 0.110. The molecule has 0 aromatic rings. The van der Waals surface area contributed by atoms with Gasteiger partial charge in [0.2, 0.25) is 0 Å². The van der Waals surface area contributed by atoms with Crippen molar-refractivity contribution in [1.29, 1.82) is 0 Å². The fraction of sp³-hybridized carbons (Fsp3) is 1.00. The van der Waals surface area contributed by atoms with Gasteiger partial charge in [-0.1, -0.05) is 19.8 Å². The van der Waals surface area contributed by atoms with E-state index < -0.39 is 0 Å². The number of hydrogen-bond donors (Lipinski definition) is 0. The summed E-state index contributed by atoms with van der Waals surface area (Å²) < 4.78 is 5.38. The Labute approximate surface area is 61.3 Å². The molecule has 0 N–H and O–H groups in total. The SMILES string of the molecule is CCCCC(C)(C)O[SiH3]. The van der Waals surface area contributed by atoms with E-state index in [1.54, 1.807) is 0 Å². The Balaban J connectivity index is 3.33. The Hall–Kier alpha value is 0.177. The summed E-state index contributed by atoms with van der Waals surface area (Å²) in [6, 6.07) is 0. The average molecular weight is 146 g/mol. The standard InChI is InChI=1S/C7H18OSi/c1-4-5-6-7(2,3)8-9/h4-6H2,1-3,9H3. The van der Waals surface area contributed by atoms with E-state index in [1.165, 1.54) is 19.3 Å². The summed E-state index contributed by atoms with van der Waals surface area (Å²) >= 11 is 0. The highest BCUT2D eigenvalue weighted by Gasteiger charge is 2.13. The molecule has 0 radical (unpaired) electrons. The van der Waals surface area contributed by atoms with E-state index in [2.05, 4.69) is 20.8 Å². The van der Waals surface area contributed by atoms with Gasteiger partial charge in [-0.25, -0.2) is 0 Å². The van der Waals surface area contributed by atoms with Gasteiger partial charge in [-0.3, -0.25) is 0 Å². The van der Waals surface area contributed by atoms with Crippen LogP contribution in [0.3, 0.4) is 0 Å². The fourth-order valence-corrected chi connectivity index (χ4v) is 0.909. The first kappa shape index (κ1) is 9.18. The third-order valence-corrected chi connectivity index (χ3v) is 2.79. The molecule has 0 saturated carbocycles. The molecule has 0 fully saturated rings. The van der Waals surface area contributed by atoms with E-state index >= 15 is 0 Å². The lowest BCUT2D eigenvalue weighted by atomic mass is 10.0. The van der Waals surface area contributed by atoms with Crippen LogP contribution in [0.1, 0.15) is 40.0 Å². The van der Waals surface area contributed by atoms with E-state index in [4.69, 9.17) is 4.43 Å². The zero-order valence-corrected chi connectivity index (χ0v) is 9.03. The van der Waals surface area contributed by atoms with Crippen molar-refractivity contribution < 1.29 is 4.43 Å². The predicted molar refractivity (Wildman–Crippen MR) is 44.6 cm³/mol. The zero-order chi connectivity index (χ0) is 7.33. The molecule has 0 bridgehead atoms. The van der Waals surface area contributed by atoms with Crippen molar-refractivity contribution in [2.75, 3.05) is 0 Å². The van der Waals surface area contributed by atoms with Gasteiger partial charge in [0.25, 0.3) is 0 Å². The molecule has 0 spiro atoms. The van der Waals surface area contributed by atoms with Crippen LogP contribution in [0, 0.1) is 0 Å². The second-order valence-electron chi connectivity index (χ2n) is 3.07. The van der Waals surface area contributed by atoms with Crippen LogP contribution in [0.4, 0.5) is 0 Å². The smallest absolute Gasteiger partial charge is 0.146 e. The highest BCUT2D eigenvalue weighted by molar-refractivity contribution is 5.98. The van der Waals surface area contributed by atoms with Crippen LogP contribution >= 0.6 is 0 Å². The van der Waals surface area contributed by atoms with Gasteiger partial charge in [-0.05, 0) is 20.3 Å². The van der Waals surface area contributed by atoms with E-state index in [1.807, 2.05) is 0 Å². The molecule has 0 amide bonds. The summed E-state index contributed by atoms with van der Waals surface area (Å²) in [6.07, 6.45) is 3.76. The first-order valence-corrected chi connectivity index (χ1v) is 4.49. The molecule has 0 aromatic heterocycles. The van der Waals surface area contributed by atoms with Crippen molar-refractivity contribution in [1.82, 2.24) is 0 Å². The molecule has 2 heteroatoms. The molecule has 0 aliphatic carbocycles. The highest BCUT2D eigenvalue weighted by Crippen LogP contribution is 2.15. The van der Waals surface area contributed by atoms with Crippen LogP contribution < -0.4 is 0 Å². The summed E-state index contributed by atoms with van der Waals surface area (Å²) in [4.78, 5) is 0. The Kier molecular flexibility index (Phi) is 4.15. The minimum atomic E-state index is 0.155. The predicted octanol–water partition coefficient (Wildman–Crippen LogP) is 1.25. The van der Waals surface area contributed by atoms with Crippen molar-refractivity contribution in [3.05, 3.63) is 0 Å². The lowest BCUT2D eigenvalue weighted by Gasteiger charge is -2.22. The fourth-order valence-electron chi connectivity index (χ4n) is 0.705. The van der Waals surface area contributed by atoms with Crippen LogP contribution in [0.25, 0.3) is 0 Å². The molecule has 0 aliphatic rings. The van der Waals surface area contributed by atoms with E-state index in [0.717, 1.165) is 10.5 Å². The first-order valence-electron chi connectivity index (χ1n) is 3.67. The summed E-state index contributed by atoms with van der Waals surface area (Å²) in [6.45, 7) is 6.54. The second kappa shape index (κ2) is 4.07. The van der Waals surface area contributed by atoms with E-state index in [9.17, 15) is 0 Å². The van der Waals surface area contributed by atoms with Gasteiger partial charge in [-0.2, -0.15) is 0 Å². The number of unbranched alkanes of at least 4 members (excludes halogenated alkanes) is 1. The van der Waals surface area contributed by atoms with Crippen LogP contribution in [-0.4, -0.2) is 16.1 Å². The minimum absolute atomic E-state index is 0.155. The van der Waals surface area contributed by atoms with Crippen LogP contribution in [0.15, 0.2) is 0 Å². The van der Waals surface area contributed by atoms with Crippen molar-refractivity contribution in [2.45, 2.75) is 45.6 Å². The first-order chi connectivity index (χ1) is 4.12. The summed E-state index contributed by atoms with van der Waals surface area (Å²) in [7, 11) is 0.864. The molecule has 0 atom stereocenters. The molecular formula is C7H18OSi. The van der Waals surface area contributed by atoms with Gasteiger partial charge in [0.05, 0.1) is 0 Å². The quantitative estimate of drug-likeness (QED) is 0.542. The van der Waals surface area contributed by atoms with E-state index in [0.29, 0.717) is 0 Å². The van der Waals surface area contributed by atoms with Crippen molar-refractivity contribution in [3.8, 4) is 0 Å². The van der Waals surface area contributed by atoms with Crippen LogP contribution in [0.2, 0.25) is 0 Å². The third-order valence-electron chi connectivity index (χ3n) is 1.68. The Bertz CT molecular complexity index is 71.3. The molecular weight excluding hydrogens is 128 g/mol. The Morgan fingerprint density at radius 1 is 1.44 bits per heavy atom. The van der Waals surface area contributed by atoms with Crippen molar-refractivity contribution >= 4 is 10.5 Å². The second-order valence-corrected chi connectivity index (χ2v) is 3.48. The van der Waals surface area contributed by atoms with E-state index in [-0.39, 0.29) is 5.60 Å². The molecule has 0 aliphatic heterocycles. The Morgan fingerprint density at radius 2 is 2.00 bits per heavy atom. The maximum absolute atomic E-state index is 5.38. The summed E-state index contributed by atoms with van der Waals surface area (Å²) in [5.41, 5.74) is 0.155. The molecule has 0 saturated heterocycles. The molecule has 0 unspecified atom stereocenters. The van der Waals surface area contributed by atoms with Crippen molar-refractivity contribution in [2.24, 2.45) is 0 Å². The molecule has 9 heavy (non-hydrogen) atoms. The van der Waals surface area contributed by atoms with Gasteiger partial charge < -0.3 is 4.43 Å². The molecule has 0 heterocycles. The molecule has 1 nitrogen and oxygen atoms in total. The van der Waals surface area contributed by atoms with Crippen LogP contribution in [-0.2, 0) is 4.43 Å². The zero-order valence-electron chi connectivity index (χ0n) is 7.03. The topological polar surface area (TPSA) is 9.23 Å². The molecule has 0 rings (SSSR count). The molecule has 56 valence electrons. The Morgan fingerprint density at radius 3 is 2.33 bits per heavy atom. The monoisotopic (exact) mass is 146 g/mol. The normalized spacial score (nSPS) is 12.3. The van der Waals surface area contributed by atoms with Gasteiger partial charge in [0.1, 0.15) is 10.5 Å². The number of hydrogen-bond acceptors (Lipinski definition) is 1. The summed E-state index contributed by atoms with van der Waals surface area (Å²) in [5.74, 6) is 0. The van der Waals surface area contributed by atoms with Gasteiger partial charge in [-0.15, -0.1) is 0 Å². The average Bonchev–Trinajstić information content (AvgIpc) is 1.84. The maximum atomic E-state index is 5.38. The largest absolute Gasteiger partial charge is 0.423 e. The summed E-state index contributed by atoms with van der Waals surface area (Å²) in [5, 5.41) is 0. The third kappa shape index (κ3) is 4.67. The van der Waals surface area contributed by atoms with Crippen LogP contribution in [0.5, 0.6) is 0 Å². The highest BCUT2D eigenvalue weighted by atomic mass is 28.2. The lowest BCUT2D eigenvalue weighted by Crippen LogP contribution is -2.22. The number of rotatable bonds is 4.